The van der Waals surface area contributed by atoms with Gasteiger partial charge >= 0.3 is 0 Å². The molecule has 2 amide bonds. The Balaban J connectivity index is 1.38. The van der Waals surface area contributed by atoms with Gasteiger partial charge < -0.3 is 14.5 Å². The van der Waals surface area contributed by atoms with Crippen molar-refractivity contribution in [1.82, 2.24) is 19.6 Å². The molecule has 2 aliphatic rings. The van der Waals surface area contributed by atoms with Crippen molar-refractivity contribution < 1.29 is 14.3 Å². The van der Waals surface area contributed by atoms with E-state index in [0.717, 1.165) is 29.1 Å². The van der Waals surface area contributed by atoms with Crippen LogP contribution in [0.2, 0.25) is 0 Å². The Morgan fingerprint density at radius 3 is 2.50 bits per heavy atom. The van der Waals surface area contributed by atoms with Gasteiger partial charge in [-0.1, -0.05) is 18.2 Å². The number of amides is 2. The zero-order chi connectivity index (χ0) is 22.4. The second kappa shape index (κ2) is 7.82. The standard InChI is InChI=1S/C25H26N4O3/c1-16-22-17(2)28(25(31)23(22)29(26-16)19-7-5-4-6-8-19)20-13-14-27(15-20)24(30)18-9-11-21(32-3)12-10-18/h4-12,17,20H,13-15H2,1-3H3. The number of hydrogen-bond acceptors (Lipinski definition) is 4. The zero-order valence-corrected chi connectivity index (χ0v) is 18.5. The van der Waals surface area contributed by atoms with Gasteiger partial charge in [-0.15, -0.1) is 0 Å². The lowest BCUT2D eigenvalue weighted by molar-refractivity contribution is 0.0618. The van der Waals surface area contributed by atoms with Crippen LogP contribution in [0.15, 0.2) is 54.6 Å². The zero-order valence-electron chi connectivity index (χ0n) is 18.5. The summed E-state index contributed by atoms with van der Waals surface area (Å²) in [7, 11) is 1.60. The summed E-state index contributed by atoms with van der Waals surface area (Å²) in [4.78, 5) is 30.3. The summed E-state index contributed by atoms with van der Waals surface area (Å²) in [6.45, 7) is 5.18. The molecule has 0 saturated carbocycles. The molecule has 1 aromatic heterocycles. The molecule has 164 valence electrons. The first-order valence-corrected chi connectivity index (χ1v) is 10.9. The number of hydrogen-bond donors (Lipinski definition) is 0. The van der Waals surface area contributed by atoms with Gasteiger partial charge in [0.2, 0.25) is 0 Å². The second-order valence-electron chi connectivity index (χ2n) is 8.41. The number of methoxy groups -OCH3 is 1. The lowest BCUT2D eigenvalue weighted by Gasteiger charge is -2.29. The average Bonchev–Trinajstić information content (AvgIpc) is 3.50. The Bertz CT molecular complexity index is 1170. The molecule has 0 radical (unpaired) electrons. The normalized spacial score (nSPS) is 20.0. The topological polar surface area (TPSA) is 67.7 Å². The van der Waals surface area contributed by atoms with E-state index in [1.54, 1.807) is 36.1 Å². The fourth-order valence-corrected chi connectivity index (χ4v) is 4.99. The van der Waals surface area contributed by atoms with Gasteiger partial charge in [0.05, 0.1) is 30.6 Å². The number of fused-ring (bicyclic) bond motifs is 1. The Hall–Kier alpha value is -3.61. The number of carbonyl (C=O) groups is 2. The molecule has 2 aliphatic heterocycles. The van der Waals surface area contributed by atoms with Gasteiger partial charge in [0.15, 0.2) is 0 Å². The predicted octanol–water partition coefficient (Wildman–Crippen LogP) is 3.62. The quantitative estimate of drug-likeness (QED) is 0.634. The molecule has 0 spiro atoms. The maximum atomic E-state index is 13.6. The molecular weight excluding hydrogens is 404 g/mol. The molecule has 0 N–H and O–H groups in total. The minimum absolute atomic E-state index is 0.0132. The second-order valence-corrected chi connectivity index (χ2v) is 8.41. The van der Waals surface area contributed by atoms with Gasteiger partial charge in [0.1, 0.15) is 11.4 Å². The van der Waals surface area contributed by atoms with E-state index in [-0.39, 0.29) is 23.9 Å². The van der Waals surface area contributed by atoms with Crippen molar-refractivity contribution in [3.63, 3.8) is 0 Å². The van der Waals surface area contributed by atoms with E-state index in [1.807, 2.05) is 47.1 Å². The lowest BCUT2D eigenvalue weighted by atomic mass is 10.1. The number of para-hydroxylation sites is 1. The number of benzene rings is 2. The fourth-order valence-electron chi connectivity index (χ4n) is 4.99. The van der Waals surface area contributed by atoms with Gasteiger partial charge in [-0.3, -0.25) is 9.59 Å². The highest BCUT2D eigenvalue weighted by Crippen LogP contribution is 2.39. The average molecular weight is 431 g/mol. The fraction of sp³-hybridized carbons (Fsp3) is 0.320. The van der Waals surface area contributed by atoms with Crippen molar-refractivity contribution in [1.29, 1.82) is 0 Å². The molecule has 5 rings (SSSR count). The molecule has 2 aromatic carbocycles. The largest absolute Gasteiger partial charge is 0.497 e. The number of rotatable bonds is 4. The van der Waals surface area contributed by atoms with Crippen LogP contribution in [0.25, 0.3) is 5.69 Å². The molecule has 2 atom stereocenters. The third kappa shape index (κ3) is 3.16. The maximum absolute atomic E-state index is 13.6. The van der Waals surface area contributed by atoms with Crippen LogP contribution in [0.4, 0.5) is 0 Å². The van der Waals surface area contributed by atoms with Gasteiger partial charge in [0, 0.05) is 24.2 Å². The molecule has 7 nitrogen and oxygen atoms in total. The smallest absolute Gasteiger partial charge is 0.273 e. The Labute approximate surface area is 187 Å². The summed E-state index contributed by atoms with van der Waals surface area (Å²) in [5.74, 6) is 0.692. The first-order valence-electron chi connectivity index (χ1n) is 10.9. The van der Waals surface area contributed by atoms with E-state index < -0.39 is 0 Å². The summed E-state index contributed by atoms with van der Waals surface area (Å²) in [6.07, 6.45) is 0.764. The Kier molecular flexibility index (Phi) is 4.96. The van der Waals surface area contributed by atoms with Crippen molar-refractivity contribution >= 4 is 11.8 Å². The summed E-state index contributed by atoms with van der Waals surface area (Å²) < 4.78 is 6.94. The molecule has 3 aromatic rings. The number of aromatic nitrogens is 2. The van der Waals surface area contributed by atoms with E-state index in [2.05, 4.69) is 12.0 Å². The minimum atomic E-state index is -0.0731. The monoisotopic (exact) mass is 430 g/mol. The van der Waals surface area contributed by atoms with Crippen LogP contribution in [0.3, 0.4) is 0 Å². The lowest BCUT2D eigenvalue weighted by Crippen LogP contribution is -2.41. The summed E-state index contributed by atoms with van der Waals surface area (Å²) in [5.41, 5.74) is 4.00. The van der Waals surface area contributed by atoms with Gasteiger partial charge in [-0.25, -0.2) is 4.68 Å². The summed E-state index contributed by atoms with van der Waals surface area (Å²) in [5, 5.41) is 4.66. The van der Waals surface area contributed by atoms with Gasteiger partial charge in [-0.2, -0.15) is 5.10 Å². The van der Waals surface area contributed by atoms with Crippen molar-refractivity contribution in [3.8, 4) is 11.4 Å². The molecule has 1 fully saturated rings. The van der Waals surface area contributed by atoms with Gasteiger partial charge in [0.25, 0.3) is 11.8 Å². The maximum Gasteiger partial charge on any atom is 0.273 e. The van der Waals surface area contributed by atoms with Crippen LogP contribution < -0.4 is 4.74 Å². The molecule has 7 heteroatoms. The van der Waals surface area contributed by atoms with Crippen LogP contribution in [0.1, 0.15) is 51.5 Å². The number of aryl methyl sites for hydroxylation is 1. The molecule has 32 heavy (non-hydrogen) atoms. The van der Waals surface area contributed by atoms with Crippen LogP contribution >= 0.6 is 0 Å². The van der Waals surface area contributed by atoms with Crippen molar-refractivity contribution in [2.45, 2.75) is 32.4 Å². The summed E-state index contributed by atoms with van der Waals surface area (Å²) >= 11 is 0. The van der Waals surface area contributed by atoms with Crippen LogP contribution in [0, 0.1) is 6.92 Å². The number of likely N-dealkylation sites (tertiary alicyclic amines) is 1. The highest BCUT2D eigenvalue weighted by Gasteiger charge is 2.45. The first kappa shape index (κ1) is 20.3. The summed E-state index contributed by atoms with van der Waals surface area (Å²) in [6, 6.07) is 16.8. The Morgan fingerprint density at radius 2 is 1.81 bits per heavy atom. The van der Waals surface area contributed by atoms with E-state index in [4.69, 9.17) is 4.74 Å². The Morgan fingerprint density at radius 1 is 1.09 bits per heavy atom. The molecule has 1 saturated heterocycles. The van der Waals surface area contributed by atoms with Crippen molar-refractivity contribution in [3.05, 3.63) is 77.1 Å². The van der Waals surface area contributed by atoms with Gasteiger partial charge in [-0.05, 0) is 56.7 Å². The van der Waals surface area contributed by atoms with Crippen molar-refractivity contribution in [2.24, 2.45) is 0 Å². The van der Waals surface area contributed by atoms with Crippen LogP contribution in [-0.2, 0) is 0 Å². The number of nitrogens with zero attached hydrogens (tertiary/aromatic N) is 4. The highest BCUT2D eigenvalue weighted by atomic mass is 16.5. The minimum Gasteiger partial charge on any atom is -0.497 e. The molecule has 0 aliphatic carbocycles. The number of ether oxygens (including phenoxy) is 1. The van der Waals surface area contributed by atoms with E-state index in [0.29, 0.717) is 24.3 Å². The van der Waals surface area contributed by atoms with E-state index in [9.17, 15) is 9.59 Å². The third-order valence-electron chi connectivity index (χ3n) is 6.56. The van der Waals surface area contributed by atoms with Crippen LogP contribution in [-0.4, -0.2) is 57.6 Å². The SMILES string of the molecule is COc1ccc(C(=O)N2CCC(N3C(=O)c4c(c(C)nn4-c4ccccc4)C3C)C2)cc1. The molecule has 0 bridgehead atoms. The van der Waals surface area contributed by atoms with E-state index >= 15 is 0 Å². The molecule has 2 unspecified atom stereocenters. The van der Waals surface area contributed by atoms with Crippen LogP contribution in [0.5, 0.6) is 5.75 Å². The molecule has 3 heterocycles. The first-order chi connectivity index (χ1) is 15.5. The molecular formula is C25H26N4O3. The van der Waals surface area contributed by atoms with Crippen molar-refractivity contribution in [2.75, 3.05) is 20.2 Å². The highest BCUT2D eigenvalue weighted by molar-refractivity contribution is 5.99. The van der Waals surface area contributed by atoms with E-state index in [1.165, 1.54) is 0 Å². The third-order valence-corrected chi connectivity index (χ3v) is 6.56. The number of carbonyl (C=O) groups excluding carboxylic acids is 2. The predicted molar refractivity (Wildman–Crippen MR) is 120 cm³/mol.